The van der Waals surface area contributed by atoms with Crippen LogP contribution in [0.25, 0.3) is 23.3 Å². The Balaban J connectivity index is 2.05. The third-order valence-corrected chi connectivity index (χ3v) is 5.78. The molecule has 0 aliphatic rings. The van der Waals surface area contributed by atoms with Crippen molar-refractivity contribution in [2.45, 2.75) is 13.8 Å². The second-order valence-corrected chi connectivity index (χ2v) is 10.5. The fourth-order valence-electron chi connectivity index (χ4n) is 3.52. The van der Waals surface area contributed by atoms with Crippen molar-refractivity contribution in [3.05, 3.63) is 94.5 Å². The fraction of sp³-hybridized carbons (Fsp3) is 0.179. The van der Waals surface area contributed by atoms with Gasteiger partial charge in [0.05, 0.1) is 11.8 Å². The van der Waals surface area contributed by atoms with E-state index >= 15 is 0 Å². The van der Waals surface area contributed by atoms with Crippen LogP contribution in [0.15, 0.2) is 66.7 Å². The van der Waals surface area contributed by atoms with Gasteiger partial charge in [0.25, 0.3) is 5.91 Å². The van der Waals surface area contributed by atoms with Crippen LogP contribution in [0, 0.1) is 11.3 Å². The Morgan fingerprint density at radius 2 is 1.62 bits per heavy atom. The average molecular weight is 520 g/mol. The summed E-state index contributed by atoms with van der Waals surface area (Å²) in [6.07, 6.45) is 4.51. The number of carbonyl (C=O) groups is 2. The van der Waals surface area contributed by atoms with Gasteiger partial charge in [-0.1, -0.05) is 80.6 Å². The maximum absolute atomic E-state index is 12.9. The van der Waals surface area contributed by atoms with Crippen LogP contribution in [0.3, 0.4) is 0 Å². The molecule has 0 aliphatic carbocycles. The molecule has 3 aromatic carbocycles. The largest absolute Gasteiger partial charge is 0.384 e. The molecule has 0 saturated heterocycles. The molecule has 0 unspecified atom stereocenters. The van der Waals surface area contributed by atoms with E-state index in [2.05, 4.69) is 9.50 Å². The molecule has 0 radical (unpaired) electrons. The molecule has 0 heterocycles. The van der Waals surface area contributed by atoms with Crippen molar-refractivity contribution in [2.24, 2.45) is 11.7 Å². The lowest BCUT2D eigenvalue weighted by Crippen LogP contribution is -2.27. The molecule has 0 atom stereocenters. The van der Waals surface area contributed by atoms with Crippen molar-refractivity contribution in [3.8, 4) is 11.1 Å². The molecule has 0 saturated carbocycles. The van der Waals surface area contributed by atoms with Crippen LogP contribution < -0.4 is 11.1 Å². The summed E-state index contributed by atoms with van der Waals surface area (Å²) in [7, 11) is -4.08. The summed E-state index contributed by atoms with van der Waals surface area (Å²) in [5, 5.41) is 10.3. The van der Waals surface area contributed by atoms with E-state index in [1.807, 2.05) is 50.3 Å². The van der Waals surface area contributed by atoms with E-state index in [0.717, 1.165) is 17.4 Å². The van der Waals surface area contributed by atoms with Crippen LogP contribution in [-0.2, 0) is 14.3 Å². The van der Waals surface area contributed by atoms with Crippen LogP contribution in [0.4, 0.5) is 0 Å². The predicted octanol–water partition coefficient (Wildman–Crippen LogP) is 4.31. The van der Waals surface area contributed by atoms with Crippen molar-refractivity contribution in [1.82, 2.24) is 5.32 Å². The fourth-order valence-corrected chi connectivity index (χ4v) is 3.88. The molecule has 8 nitrogen and oxygen atoms in total. The number of nitrogens with one attached hydrogen (secondary N) is 2. The quantitative estimate of drug-likeness (QED) is 0.167. The summed E-state index contributed by atoms with van der Waals surface area (Å²) in [5.74, 6) is -1.24. The van der Waals surface area contributed by atoms with Gasteiger partial charge in [0, 0.05) is 17.7 Å². The summed E-state index contributed by atoms with van der Waals surface area (Å²) < 4.78 is 28.1. The second-order valence-electron chi connectivity index (χ2n) is 8.90. The number of hydrogen-bond donors (Lipinski definition) is 3. The SMILES string of the molecule is CC(C)CNC(=O)c1ccc(-c2ccccc2/C=C/c2ccc(C(=N)N)cc2)c(C(=O)OS(C)(=O)=O)c1. The van der Waals surface area contributed by atoms with Gasteiger partial charge < -0.3 is 15.2 Å². The minimum Gasteiger partial charge on any atom is -0.384 e. The highest BCUT2D eigenvalue weighted by atomic mass is 32.2. The Morgan fingerprint density at radius 3 is 2.24 bits per heavy atom. The molecule has 0 spiro atoms. The maximum atomic E-state index is 12.9. The first-order chi connectivity index (χ1) is 17.4. The van der Waals surface area contributed by atoms with E-state index in [0.29, 0.717) is 23.2 Å². The van der Waals surface area contributed by atoms with Gasteiger partial charge in [-0.3, -0.25) is 10.2 Å². The molecular formula is C28H29N3O5S. The molecule has 0 fully saturated rings. The van der Waals surface area contributed by atoms with Crippen LogP contribution in [0.5, 0.6) is 0 Å². The lowest BCUT2D eigenvalue weighted by molar-refractivity contribution is 0.0749. The summed E-state index contributed by atoms with van der Waals surface area (Å²) in [5.41, 5.74) is 8.98. The highest BCUT2D eigenvalue weighted by Crippen LogP contribution is 2.30. The zero-order chi connectivity index (χ0) is 27.2. The number of amidine groups is 1. The third-order valence-electron chi connectivity index (χ3n) is 5.33. The van der Waals surface area contributed by atoms with Crippen molar-refractivity contribution in [1.29, 1.82) is 5.41 Å². The van der Waals surface area contributed by atoms with E-state index in [4.69, 9.17) is 11.1 Å². The maximum Gasteiger partial charge on any atom is 0.354 e. The minimum absolute atomic E-state index is 0.0179. The van der Waals surface area contributed by atoms with Crippen molar-refractivity contribution in [2.75, 3.05) is 12.8 Å². The molecule has 3 aromatic rings. The van der Waals surface area contributed by atoms with Gasteiger partial charge in [0.15, 0.2) is 0 Å². The number of nitrogens with two attached hydrogens (primary N) is 1. The summed E-state index contributed by atoms with van der Waals surface area (Å²) in [6, 6.07) is 19.0. The first kappa shape index (κ1) is 27.3. The van der Waals surface area contributed by atoms with Gasteiger partial charge in [-0.2, -0.15) is 8.42 Å². The number of carbonyl (C=O) groups excluding carboxylic acids is 2. The monoisotopic (exact) mass is 519 g/mol. The highest BCUT2D eigenvalue weighted by molar-refractivity contribution is 7.86. The molecule has 3 rings (SSSR count). The van der Waals surface area contributed by atoms with Gasteiger partial charge in [0.2, 0.25) is 0 Å². The van der Waals surface area contributed by atoms with E-state index in [9.17, 15) is 18.0 Å². The Hall–Kier alpha value is -4.24. The number of rotatable bonds is 9. The molecule has 0 bridgehead atoms. The van der Waals surface area contributed by atoms with E-state index in [1.54, 1.807) is 36.4 Å². The molecular weight excluding hydrogens is 490 g/mol. The first-order valence-electron chi connectivity index (χ1n) is 11.5. The smallest absolute Gasteiger partial charge is 0.354 e. The average Bonchev–Trinajstić information content (AvgIpc) is 2.85. The van der Waals surface area contributed by atoms with Crippen LogP contribution in [0.2, 0.25) is 0 Å². The van der Waals surface area contributed by atoms with E-state index in [1.165, 1.54) is 6.07 Å². The summed E-state index contributed by atoms with van der Waals surface area (Å²) in [4.78, 5) is 25.5. The zero-order valence-corrected chi connectivity index (χ0v) is 21.6. The Kier molecular flexibility index (Phi) is 8.62. The van der Waals surface area contributed by atoms with Gasteiger partial charge in [-0.15, -0.1) is 0 Å². The topological polar surface area (TPSA) is 139 Å². The number of amides is 1. The lowest BCUT2D eigenvalue weighted by Gasteiger charge is -2.14. The van der Waals surface area contributed by atoms with Gasteiger partial charge in [0.1, 0.15) is 5.84 Å². The molecule has 0 aliphatic heterocycles. The Morgan fingerprint density at radius 1 is 0.973 bits per heavy atom. The number of hydrogen-bond acceptors (Lipinski definition) is 6. The molecule has 37 heavy (non-hydrogen) atoms. The second kappa shape index (κ2) is 11.7. The number of benzene rings is 3. The zero-order valence-electron chi connectivity index (χ0n) is 20.8. The van der Waals surface area contributed by atoms with Gasteiger partial charge in [-0.05, 0) is 40.3 Å². The molecule has 192 valence electrons. The standard InChI is InChI=1S/C28H29N3O5S/c1-18(2)17-31-27(32)22-14-15-24(25(16-22)28(33)36-37(3,34)35)23-7-5-4-6-20(23)11-8-19-9-12-21(13-10-19)26(29)30/h4-16,18H,17H2,1-3H3,(H3,29,30)(H,31,32)/b11-8+. The van der Waals surface area contributed by atoms with Crippen molar-refractivity contribution < 1.29 is 22.2 Å². The van der Waals surface area contributed by atoms with Gasteiger partial charge >= 0.3 is 16.1 Å². The third kappa shape index (κ3) is 7.62. The lowest BCUT2D eigenvalue weighted by atomic mass is 9.93. The molecule has 9 heteroatoms. The normalized spacial score (nSPS) is 11.5. The highest BCUT2D eigenvalue weighted by Gasteiger charge is 2.22. The summed E-state index contributed by atoms with van der Waals surface area (Å²) >= 11 is 0. The van der Waals surface area contributed by atoms with E-state index < -0.39 is 16.1 Å². The first-order valence-corrected chi connectivity index (χ1v) is 13.3. The Labute approximate surface area is 216 Å². The van der Waals surface area contributed by atoms with Gasteiger partial charge in [-0.25, -0.2) is 4.79 Å². The van der Waals surface area contributed by atoms with Crippen LogP contribution in [0.1, 0.15) is 51.3 Å². The minimum atomic E-state index is -4.08. The number of nitrogen functional groups attached to an aromatic ring is 1. The molecule has 0 aromatic heterocycles. The molecule has 1 amide bonds. The predicted molar refractivity (Wildman–Crippen MR) is 146 cm³/mol. The van der Waals surface area contributed by atoms with Crippen molar-refractivity contribution >= 4 is 40.0 Å². The van der Waals surface area contributed by atoms with Crippen molar-refractivity contribution in [3.63, 3.8) is 0 Å². The summed E-state index contributed by atoms with van der Waals surface area (Å²) in [6.45, 7) is 4.37. The molecule has 4 N–H and O–H groups in total. The van der Waals surface area contributed by atoms with E-state index in [-0.39, 0.29) is 28.8 Å². The van der Waals surface area contributed by atoms with Crippen LogP contribution >= 0.6 is 0 Å². The Bertz CT molecular complexity index is 1460. The van der Waals surface area contributed by atoms with Crippen LogP contribution in [-0.4, -0.2) is 38.9 Å².